The average Bonchev–Trinajstić information content (AvgIpc) is 3.41. The van der Waals surface area contributed by atoms with Gasteiger partial charge in [-0.2, -0.15) is 0 Å². The summed E-state index contributed by atoms with van der Waals surface area (Å²) in [6, 6.07) is 9.22. The van der Waals surface area contributed by atoms with Crippen LogP contribution in [-0.2, 0) is 4.79 Å². The van der Waals surface area contributed by atoms with Gasteiger partial charge in [0.25, 0.3) is 0 Å². The van der Waals surface area contributed by atoms with Crippen LogP contribution in [0, 0.1) is 11.8 Å². The van der Waals surface area contributed by atoms with Crippen LogP contribution in [0.5, 0.6) is 5.88 Å². The van der Waals surface area contributed by atoms with E-state index in [0.29, 0.717) is 11.8 Å². The molecule has 2 aromatic heterocycles. The lowest BCUT2D eigenvalue weighted by molar-refractivity contribution is -0.131. The fourth-order valence-corrected chi connectivity index (χ4v) is 4.05. The number of halogens is 2. The first-order chi connectivity index (χ1) is 14.1. The normalized spacial score (nSPS) is 21.6. The van der Waals surface area contributed by atoms with E-state index >= 15 is 0 Å². The zero-order valence-electron chi connectivity index (χ0n) is 15.6. The number of H-pyrrole nitrogens is 1. The van der Waals surface area contributed by atoms with Gasteiger partial charge in [0, 0.05) is 24.4 Å². The molecule has 1 aliphatic heterocycles. The van der Waals surface area contributed by atoms with Crippen molar-refractivity contribution in [3.63, 3.8) is 0 Å². The molecule has 3 heterocycles. The van der Waals surface area contributed by atoms with Gasteiger partial charge in [-0.3, -0.25) is 4.79 Å². The molecular weight excluding hydrogens is 378 g/mol. The highest BCUT2D eigenvalue weighted by molar-refractivity contribution is 6.04. The van der Waals surface area contributed by atoms with Crippen LogP contribution in [0.3, 0.4) is 0 Å². The number of fused-ring (bicyclic) bond motifs is 1. The van der Waals surface area contributed by atoms with Gasteiger partial charge in [-0.25, -0.2) is 18.7 Å². The number of nitrogens with zero attached hydrogens (tertiary/aromatic N) is 3. The Morgan fingerprint density at radius 3 is 2.79 bits per heavy atom. The van der Waals surface area contributed by atoms with Crippen molar-refractivity contribution in [1.29, 1.82) is 0 Å². The van der Waals surface area contributed by atoms with Crippen LogP contribution in [-0.4, -0.2) is 33.9 Å². The van der Waals surface area contributed by atoms with E-state index in [1.165, 1.54) is 0 Å². The molecule has 1 saturated heterocycles. The average molecular weight is 398 g/mol. The Bertz CT molecular complexity index is 1030. The third kappa shape index (κ3) is 3.32. The smallest absolute Gasteiger partial charge is 0.241 e. The molecule has 150 valence electrons. The number of anilines is 1. The number of carbonyl (C=O) groups is 1. The number of hydrogen-bond acceptors (Lipinski definition) is 4. The Labute approximate surface area is 165 Å². The molecule has 2 aliphatic rings. The summed E-state index contributed by atoms with van der Waals surface area (Å²) in [5.41, 5.74) is 3.48. The van der Waals surface area contributed by atoms with Crippen molar-refractivity contribution in [2.24, 2.45) is 11.8 Å². The van der Waals surface area contributed by atoms with Gasteiger partial charge in [0.1, 0.15) is 0 Å². The number of aromatic amines is 1. The number of ether oxygens (including phenoxy) is 1. The number of pyridine rings is 1. The lowest BCUT2D eigenvalue weighted by Gasteiger charge is -2.47. The molecule has 0 bridgehead atoms. The van der Waals surface area contributed by atoms with E-state index in [-0.39, 0.29) is 30.9 Å². The SMILES string of the molecule is O=C1[C@@H](C2CC2)[C@@H](c2ccc(OCCC(F)F)nc2)N1c1ccc2nc[nH]c2c1. The van der Waals surface area contributed by atoms with Gasteiger partial charge in [-0.05, 0) is 42.5 Å². The number of imidazole rings is 1. The van der Waals surface area contributed by atoms with Crippen molar-refractivity contribution in [1.82, 2.24) is 15.0 Å². The number of benzene rings is 1. The molecule has 6 nitrogen and oxygen atoms in total. The van der Waals surface area contributed by atoms with Crippen molar-refractivity contribution in [3.05, 3.63) is 48.4 Å². The van der Waals surface area contributed by atoms with E-state index in [1.54, 1.807) is 18.6 Å². The first kappa shape index (κ1) is 18.0. The molecule has 5 rings (SSSR count). The Kier molecular flexibility index (Phi) is 4.41. The molecule has 1 N–H and O–H groups in total. The van der Waals surface area contributed by atoms with Gasteiger partial charge in [0.15, 0.2) is 0 Å². The summed E-state index contributed by atoms with van der Waals surface area (Å²) in [5.74, 6) is 0.823. The number of alkyl halides is 2. The Balaban J connectivity index is 1.40. The van der Waals surface area contributed by atoms with Gasteiger partial charge < -0.3 is 14.6 Å². The summed E-state index contributed by atoms with van der Waals surface area (Å²) >= 11 is 0. The van der Waals surface area contributed by atoms with Crippen LogP contribution in [0.4, 0.5) is 14.5 Å². The Hall–Kier alpha value is -3.03. The summed E-state index contributed by atoms with van der Waals surface area (Å²) in [4.78, 5) is 26.4. The van der Waals surface area contributed by atoms with Crippen LogP contribution in [0.2, 0.25) is 0 Å². The fraction of sp³-hybridized carbons (Fsp3) is 0.381. The van der Waals surface area contributed by atoms with Crippen molar-refractivity contribution >= 4 is 22.6 Å². The van der Waals surface area contributed by atoms with Crippen molar-refractivity contribution < 1.29 is 18.3 Å². The van der Waals surface area contributed by atoms with Gasteiger partial charge >= 0.3 is 0 Å². The molecule has 8 heteroatoms. The molecule has 1 saturated carbocycles. The van der Waals surface area contributed by atoms with Crippen molar-refractivity contribution in [3.8, 4) is 5.88 Å². The number of β-lactam (4-membered cyclic amide) rings is 1. The molecule has 0 spiro atoms. The first-order valence-corrected chi connectivity index (χ1v) is 9.75. The Morgan fingerprint density at radius 2 is 2.07 bits per heavy atom. The summed E-state index contributed by atoms with van der Waals surface area (Å²) in [6.45, 7) is -0.0764. The van der Waals surface area contributed by atoms with E-state index in [1.807, 2.05) is 29.2 Å². The van der Waals surface area contributed by atoms with E-state index in [0.717, 1.165) is 35.1 Å². The maximum absolute atomic E-state index is 13.0. The van der Waals surface area contributed by atoms with Crippen LogP contribution >= 0.6 is 0 Å². The molecule has 29 heavy (non-hydrogen) atoms. The van der Waals surface area contributed by atoms with E-state index in [4.69, 9.17) is 4.74 Å². The summed E-state index contributed by atoms with van der Waals surface area (Å²) in [6.07, 6.45) is 2.74. The van der Waals surface area contributed by atoms with Gasteiger partial charge in [0.05, 0.1) is 35.9 Å². The molecule has 1 aromatic carbocycles. The topological polar surface area (TPSA) is 71.1 Å². The highest BCUT2D eigenvalue weighted by Gasteiger charge is 2.55. The van der Waals surface area contributed by atoms with E-state index < -0.39 is 6.43 Å². The highest BCUT2D eigenvalue weighted by Crippen LogP contribution is 2.53. The van der Waals surface area contributed by atoms with Crippen molar-refractivity contribution in [2.45, 2.75) is 31.7 Å². The van der Waals surface area contributed by atoms with Crippen LogP contribution < -0.4 is 9.64 Å². The molecule has 1 amide bonds. The van der Waals surface area contributed by atoms with Crippen LogP contribution in [0.25, 0.3) is 11.0 Å². The number of nitrogens with one attached hydrogen (secondary N) is 1. The Morgan fingerprint density at radius 1 is 1.21 bits per heavy atom. The minimum atomic E-state index is -2.39. The lowest BCUT2D eigenvalue weighted by atomic mass is 9.79. The molecule has 3 aromatic rings. The van der Waals surface area contributed by atoms with Crippen LogP contribution in [0.15, 0.2) is 42.9 Å². The fourth-order valence-electron chi connectivity index (χ4n) is 4.05. The number of aromatic nitrogens is 3. The molecule has 0 unspecified atom stereocenters. The zero-order chi connectivity index (χ0) is 20.0. The van der Waals surface area contributed by atoms with Crippen LogP contribution in [0.1, 0.15) is 30.9 Å². The molecule has 1 aliphatic carbocycles. The number of hydrogen-bond donors (Lipinski definition) is 1. The van der Waals surface area contributed by atoms with E-state index in [9.17, 15) is 13.6 Å². The zero-order valence-corrected chi connectivity index (χ0v) is 15.6. The summed E-state index contributed by atoms with van der Waals surface area (Å²) in [7, 11) is 0. The number of rotatable bonds is 7. The predicted octanol–water partition coefficient (Wildman–Crippen LogP) is 4.11. The maximum atomic E-state index is 13.0. The minimum Gasteiger partial charge on any atom is -0.477 e. The second-order valence-electron chi connectivity index (χ2n) is 7.58. The summed E-state index contributed by atoms with van der Waals surface area (Å²) < 4.78 is 29.8. The molecule has 2 fully saturated rings. The summed E-state index contributed by atoms with van der Waals surface area (Å²) in [5, 5.41) is 0. The number of amides is 1. The maximum Gasteiger partial charge on any atom is 0.241 e. The third-order valence-corrected chi connectivity index (χ3v) is 5.64. The largest absolute Gasteiger partial charge is 0.477 e. The van der Waals surface area contributed by atoms with Crippen molar-refractivity contribution in [2.75, 3.05) is 11.5 Å². The third-order valence-electron chi connectivity index (χ3n) is 5.64. The highest BCUT2D eigenvalue weighted by atomic mass is 19.3. The standard InChI is InChI=1S/C21H20F2N4O2/c22-17(23)7-8-29-18-6-3-13(10-24-18)20-19(12-1-2-12)21(28)27(20)14-4-5-15-16(9-14)26-11-25-15/h3-6,9-12,17,19-20H,1-2,7-8H2,(H,25,26)/t19-,20+/m0/s1. The van der Waals surface area contributed by atoms with Gasteiger partial charge in [-0.15, -0.1) is 0 Å². The monoisotopic (exact) mass is 398 g/mol. The predicted molar refractivity (Wildman–Crippen MR) is 103 cm³/mol. The first-order valence-electron chi connectivity index (χ1n) is 9.75. The second kappa shape index (κ2) is 7.09. The quantitative estimate of drug-likeness (QED) is 0.608. The lowest BCUT2D eigenvalue weighted by Crippen LogP contribution is -2.56. The second-order valence-corrected chi connectivity index (χ2v) is 7.58. The van der Waals surface area contributed by atoms with E-state index in [2.05, 4.69) is 15.0 Å². The van der Waals surface area contributed by atoms with Gasteiger partial charge in [-0.1, -0.05) is 6.07 Å². The number of carbonyl (C=O) groups excluding carboxylic acids is 1. The minimum absolute atomic E-state index is 0.0418. The molecule has 2 atom stereocenters. The molecule has 0 radical (unpaired) electrons. The van der Waals surface area contributed by atoms with Gasteiger partial charge in [0.2, 0.25) is 18.2 Å². The molecular formula is C21H20F2N4O2.